The van der Waals surface area contributed by atoms with Crippen molar-refractivity contribution in [3.05, 3.63) is 0 Å². The fourth-order valence-electron chi connectivity index (χ4n) is 3.10. The molecule has 0 unspecified atom stereocenters. The van der Waals surface area contributed by atoms with Gasteiger partial charge < -0.3 is 5.73 Å². The van der Waals surface area contributed by atoms with Crippen LogP contribution >= 0.6 is 0 Å². The van der Waals surface area contributed by atoms with Gasteiger partial charge in [-0.05, 0) is 18.9 Å². The fourth-order valence-corrected chi connectivity index (χ4v) is 3.10. The minimum Gasteiger partial charge on any atom is -0.330 e. The third kappa shape index (κ3) is 14.4. The Hall–Kier alpha value is -0.0400. The van der Waals surface area contributed by atoms with E-state index in [-0.39, 0.29) is 0 Å². The summed E-state index contributed by atoms with van der Waals surface area (Å²) in [5.41, 5.74) is 5.77. The first kappa shape index (κ1) is 20.0. The summed E-state index contributed by atoms with van der Waals surface area (Å²) in [6, 6.07) is 0. The summed E-state index contributed by atoms with van der Waals surface area (Å²) in [5, 5.41) is 0. The van der Waals surface area contributed by atoms with Crippen LogP contribution in [0.5, 0.6) is 0 Å². The van der Waals surface area contributed by atoms with E-state index in [1.54, 1.807) is 0 Å². The minimum atomic E-state index is 0.885. The van der Waals surface area contributed by atoms with E-state index >= 15 is 0 Å². The maximum atomic E-state index is 5.77. The van der Waals surface area contributed by atoms with Crippen LogP contribution in [0.3, 0.4) is 0 Å². The highest BCUT2D eigenvalue weighted by atomic mass is 14.5. The van der Waals surface area contributed by atoms with Crippen LogP contribution in [0.15, 0.2) is 0 Å². The Labute approximate surface area is 129 Å². The van der Waals surface area contributed by atoms with Crippen LogP contribution < -0.4 is 5.73 Å². The Morgan fingerprint density at radius 3 is 1.35 bits per heavy atom. The molecule has 1 nitrogen and oxygen atoms in total. The number of nitrogens with two attached hydrogens (primary N) is 1. The van der Waals surface area contributed by atoms with Gasteiger partial charge in [0.25, 0.3) is 0 Å². The quantitative estimate of drug-likeness (QED) is 0.323. The van der Waals surface area contributed by atoms with Crippen molar-refractivity contribution in [2.75, 3.05) is 6.54 Å². The normalized spacial score (nSPS) is 11.4. The summed E-state index contributed by atoms with van der Waals surface area (Å²) in [4.78, 5) is 0. The van der Waals surface area contributed by atoms with Crippen LogP contribution in [0.2, 0.25) is 0 Å². The second-order valence-corrected chi connectivity index (χ2v) is 6.56. The largest absolute Gasteiger partial charge is 0.330 e. The molecule has 2 N–H and O–H groups in total. The highest BCUT2D eigenvalue weighted by Gasteiger charge is 2.07. The molecule has 1 heteroatoms. The molecule has 0 saturated heterocycles. The van der Waals surface area contributed by atoms with Crippen LogP contribution in [0, 0.1) is 5.92 Å². The number of hydrogen-bond donors (Lipinski definition) is 1. The molecule has 0 spiro atoms. The molecule has 0 bridgehead atoms. The lowest BCUT2D eigenvalue weighted by molar-refractivity contribution is 0.385. The standard InChI is InChI=1S/C19H41N/c1-3-5-7-9-11-13-15-19(17-18-20)16-14-12-10-8-6-4-2/h19H,3-18,20H2,1-2H3. The van der Waals surface area contributed by atoms with Crippen molar-refractivity contribution in [1.29, 1.82) is 0 Å². The van der Waals surface area contributed by atoms with Crippen molar-refractivity contribution in [2.24, 2.45) is 11.7 Å². The molecule has 0 heterocycles. The minimum absolute atomic E-state index is 0.885. The van der Waals surface area contributed by atoms with E-state index in [0.717, 1.165) is 12.5 Å². The molecule has 20 heavy (non-hydrogen) atoms. The van der Waals surface area contributed by atoms with Crippen molar-refractivity contribution in [3.63, 3.8) is 0 Å². The first-order valence-corrected chi connectivity index (χ1v) is 9.55. The highest BCUT2D eigenvalue weighted by Crippen LogP contribution is 2.21. The van der Waals surface area contributed by atoms with Crippen LogP contribution in [-0.2, 0) is 0 Å². The molecule has 0 aliphatic heterocycles. The molecule has 0 aliphatic rings. The van der Waals surface area contributed by atoms with Crippen molar-refractivity contribution in [1.82, 2.24) is 0 Å². The molecule has 0 aromatic heterocycles. The van der Waals surface area contributed by atoms with Gasteiger partial charge in [-0.15, -0.1) is 0 Å². The fraction of sp³-hybridized carbons (Fsp3) is 1.00. The van der Waals surface area contributed by atoms with Gasteiger partial charge in [0, 0.05) is 0 Å². The predicted molar refractivity (Wildman–Crippen MR) is 93.1 cm³/mol. The second-order valence-electron chi connectivity index (χ2n) is 6.56. The highest BCUT2D eigenvalue weighted by molar-refractivity contribution is 4.61. The molecule has 0 aromatic carbocycles. The lowest BCUT2D eigenvalue weighted by atomic mass is 9.91. The van der Waals surface area contributed by atoms with E-state index < -0.39 is 0 Å². The van der Waals surface area contributed by atoms with Gasteiger partial charge in [0.2, 0.25) is 0 Å². The third-order valence-electron chi connectivity index (χ3n) is 4.51. The summed E-state index contributed by atoms with van der Waals surface area (Å²) >= 11 is 0. The Bertz CT molecular complexity index is 151. The number of unbranched alkanes of at least 4 members (excludes halogenated alkanes) is 10. The average Bonchev–Trinajstić information content (AvgIpc) is 2.46. The number of rotatable bonds is 16. The smallest absolute Gasteiger partial charge is 0.00746 e. The summed E-state index contributed by atoms with van der Waals surface area (Å²) in [6.07, 6.45) is 21.2. The zero-order chi connectivity index (χ0) is 14.9. The van der Waals surface area contributed by atoms with Crippen molar-refractivity contribution in [3.8, 4) is 0 Å². The van der Waals surface area contributed by atoms with E-state index in [9.17, 15) is 0 Å². The van der Waals surface area contributed by atoms with E-state index in [1.807, 2.05) is 0 Å². The first-order valence-electron chi connectivity index (χ1n) is 9.55. The van der Waals surface area contributed by atoms with E-state index in [2.05, 4.69) is 13.8 Å². The molecule has 0 rings (SSSR count). The summed E-state index contributed by atoms with van der Waals surface area (Å²) in [7, 11) is 0. The zero-order valence-electron chi connectivity index (χ0n) is 14.5. The third-order valence-corrected chi connectivity index (χ3v) is 4.51. The van der Waals surface area contributed by atoms with Crippen LogP contribution in [0.25, 0.3) is 0 Å². The predicted octanol–water partition coefficient (Wildman–Crippen LogP) is 6.45. The molecular weight excluding hydrogens is 242 g/mol. The van der Waals surface area contributed by atoms with Gasteiger partial charge in [0.05, 0.1) is 0 Å². The maximum absolute atomic E-state index is 5.77. The van der Waals surface area contributed by atoms with Crippen LogP contribution in [0.1, 0.15) is 110 Å². The first-order chi connectivity index (χ1) is 9.85. The zero-order valence-corrected chi connectivity index (χ0v) is 14.5. The summed E-state index contributed by atoms with van der Waals surface area (Å²) < 4.78 is 0. The number of hydrogen-bond acceptors (Lipinski definition) is 1. The molecule has 0 amide bonds. The second kappa shape index (κ2) is 17.0. The summed E-state index contributed by atoms with van der Waals surface area (Å²) in [6.45, 7) is 5.46. The van der Waals surface area contributed by atoms with E-state index in [1.165, 1.54) is 96.3 Å². The maximum Gasteiger partial charge on any atom is -0.00746 e. The lowest BCUT2D eigenvalue weighted by Crippen LogP contribution is -2.09. The Balaban J connectivity index is 3.45. The Kier molecular flexibility index (Phi) is 17.0. The molecule has 0 aromatic rings. The topological polar surface area (TPSA) is 26.0 Å². The molecular formula is C19H41N. The average molecular weight is 284 g/mol. The van der Waals surface area contributed by atoms with Crippen molar-refractivity contribution in [2.45, 2.75) is 110 Å². The Morgan fingerprint density at radius 1 is 0.550 bits per heavy atom. The molecule has 0 atom stereocenters. The molecule has 122 valence electrons. The van der Waals surface area contributed by atoms with Gasteiger partial charge >= 0.3 is 0 Å². The molecule has 0 aliphatic carbocycles. The molecule has 0 saturated carbocycles. The van der Waals surface area contributed by atoms with E-state index in [0.29, 0.717) is 0 Å². The monoisotopic (exact) mass is 283 g/mol. The van der Waals surface area contributed by atoms with Gasteiger partial charge in [0.1, 0.15) is 0 Å². The summed E-state index contributed by atoms with van der Waals surface area (Å²) in [5.74, 6) is 0.914. The van der Waals surface area contributed by atoms with Crippen LogP contribution in [0.4, 0.5) is 0 Å². The SMILES string of the molecule is CCCCCCCCC(CCN)CCCCCCCC. The lowest BCUT2D eigenvalue weighted by Gasteiger charge is -2.15. The van der Waals surface area contributed by atoms with E-state index in [4.69, 9.17) is 5.73 Å². The van der Waals surface area contributed by atoms with Gasteiger partial charge in [0.15, 0.2) is 0 Å². The van der Waals surface area contributed by atoms with Crippen LogP contribution in [-0.4, -0.2) is 6.54 Å². The molecule has 0 radical (unpaired) electrons. The van der Waals surface area contributed by atoms with Gasteiger partial charge in [-0.1, -0.05) is 104 Å². The Morgan fingerprint density at radius 2 is 0.950 bits per heavy atom. The van der Waals surface area contributed by atoms with Crippen molar-refractivity contribution < 1.29 is 0 Å². The molecule has 0 fully saturated rings. The van der Waals surface area contributed by atoms with Gasteiger partial charge in [-0.2, -0.15) is 0 Å². The van der Waals surface area contributed by atoms with Gasteiger partial charge in [-0.25, -0.2) is 0 Å². The van der Waals surface area contributed by atoms with Gasteiger partial charge in [-0.3, -0.25) is 0 Å². The van der Waals surface area contributed by atoms with Crippen molar-refractivity contribution >= 4 is 0 Å².